The SMILES string of the molecule is CC1=C(C)CC(C)(C(=O)O)C(C(=O)O)C1. The summed E-state index contributed by atoms with van der Waals surface area (Å²) in [5.41, 5.74) is 0.827. The Labute approximate surface area is 88.6 Å². The van der Waals surface area contributed by atoms with Crippen molar-refractivity contribution in [1.82, 2.24) is 0 Å². The van der Waals surface area contributed by atoms with Gasteiger partial charge in [0.1, 0.15) is 0 Å². The van der Waals surface area contributed by atoms with E-state index in [1.165, 1.54) is 6.92 Å². The Hall–Kier alpha value is -1.32. The second-order valence-corrected chi connectivity index (χ2v) is 4.56. The molecule has 0 aromatic heterocycles. The van der Waals surface area contributed by atoms with E-state index in [9.17, 15) is 9.59 Å². The van der Waals surface area contributed by atoms with E-state index >= 15 is 0 Å². The lowest BCUT2D eigenvalue weighted by molar-refractivity contribution is -0.162. The Morgan fingerprint density at radius 3 is 2.20 bits per heavy atom. The molecule has 0 aliphatic heterocycles. The minimum Gasteiger partial charge on any atom is -0.481 e. The van der Waals surface area contributed by atoms with E-state index in [0.29, 0.717) is 12.8 Å². The first-order valence-electron chi connectivity index (χ1n) is 4.90. The van der Waals surface area contributed by atoms with E-state index in [-0.39, 0.29) is 0 Å². The molecule has 15 heavy (non-hydrogen) atoms. The zero-order chi connectivity index (χ0) is 11.8. The number of carboxylic acid groups (broad SMARTS) is 2. The highest BCUT2D eigenvalue weighted by molar-refractivity contribution is 5.84. The van der Waals surface area contributed by atoms with E-state index in [0.717, 1.165) is 11.1 Å². The molecule has 0 aromatic carbocycles. The van der Waals surface area contributed by atoms with Gasteiger partial charge in [-0.2, -0.15) is 0 Å². The Balaban J connectivity index is 3.15. The van der Waals surface area contributed by atoms with E-state index in [4.69, 9.17) is 10.2 Å². The fraction of sp³-hybridized carbons (Fsp3) is 0.636. The molecule has 84 valence electrons. The van der Waals surface area contributed by atoms with Gasteiger partial charge in [0.05, 0.1) is 11.3 Å². The monoisotopic (exact) mass is 212 g/mol. The van der Waals surface area contributed by atoms with Crippen LogP contribution in [0.2, 0.25) is 0 Å². The molecule has 0 fully saturated rings. The van der Waals surface area contributed by atoms with Crippen LogP contribution < -0.4 is 0 Å². The summed E-state index contributed by atoms with van der Waals surface area (Å²) in [6.07, 6.45) is 0.662. The van der Waals surface area contributed by atoms with Crippen LogP contribution in [-0.4, -0.2) is 22.2 Å². The molecule has 0 aromatic rings. The molecule has 4 nitrogen and oxygen atoms in total. The number of hydrogen-bond acceptors (Lipinski definition) is 2. The van der Waals surface area contributed by atoms with Gasteiger partial charge in [0.15, 0.2) is 0 Å². The predicted molar refractivity (Wildman–Crippen MR) is 54.5 cm³/mol. The van der Waals surface area contributed by atoms with Crippen LogP contribution in [0.25, 0.3) is 0 Å². The maximum atomic E-state index is 11.2. The van der Waals surface area contributed by atoms with E-state index < -0.39 is 23.3 Å². The third-order valence-corrected chi connectivity index (χ3v) is 3.43. The maximum Gasteiger partial charge on any atom is 0.310 e. The van der Waals surface area contributed by atoms with Crippen molar-refractivity contribution in [3.05, 3.63) is 11.1 Å². The minimum absolute atomic E-state index is 0.325. The van der Waals surface area contributed by atoms with Crippen LogP contribution >= 0.6 is 0 Å². The molecule has 1 rings (SSSR count). The van der Waals surface area contributed by atoms with Gasteiger partial charge < -0.3 is 10.2 Å². The maximum absolute atomic E-state index is 11.2. The smallest absolute Gasteiger partial charge is 0.310 e. The number of allylic oxidation sites excluding steroid dienone is 2. The standard InChI is InChI=1S/C11H16O4/c1-6-4-8(9(12)13)11(3,10(14)15)5-7(6)2/h8H,4-5H2,1-3H3,(H,12,13)(H,14,15). The van der Waals surface area contributed by atoms with E-state index in [1.807, 2.05) is 13.8 Å². The molecule has 2 N–H and O–H groups in total. The summed E-state index contributed by atoms with van der Waals surface area (Å²) in [5.74, 6) is -2.87. The first kappa shape index (κ1) is 11.8. The van der Waals surface area contributed by atoms with Crippen molar-refractivity contribution < 1.29 is 19.8 Å². The Morgan fingerprint density at radius 2 is 1.80 bits per heavy atom. The summed E-state index contributed by atoms with van der Waals surface area (Å²) < 4.78 is 0. The Kier molecular flexibility index (Phi) is 2.88. The molecule has 0 spiro atoms. The van der Waals surface area contributed by atoms with Crippen molar-refractivity contribution >= 4 is 11.9 Å². The van der Waals surface area contributed by atoms with Crippen LogP contribution in [-0.2, 0) is 9.59 Å². The highest BCUT2D eigenvalue weighted by Gasteiger charge is 2.48. The number of carbonyl (C=O) groups is 2. The van der Waals surface area contributed by atoms with Crippen molar-refractivity contribution in [1.29, 1.82) is 0 Å². The topological polar surface area (TPSA) is 74.6 Å². The number of carboxylic acids is 2. The van der Waals surface area contributed by atoms with Crippen molar-refractivity contribution in [2.75, 3.05) is 0 Å². The van der Waals surface area contributed by atoms with E-state index in [2.05, 4.69) is 0 Å². The second kappa shape index (κ2) is 3.68. The third-order valence-electron chi connectivity index (χ3n) is 3.43. The van der Waals surface area contributed by atoms with Crippen LogP contribution in [0.15, 0.2) is 11.1 Å². The van der Waals surface area contributed by atoms with Gasteiger partial charge in [-0.25, -0.2) is 0 Å². The Bertz CT molecular complexity index is 342. The van der Waals surface area contributed by atoms with Crippen molar-refractivity contribution in [2.24, 2.45) is 11.3 Å². The molecular weight excluding hydrogens is 196 g/mol. The summed E-state index contributed by atoms with van der Waals surface area (Å²) in [6.45, 7) is 5.26. The van der Waals surface area contributed by atoms with Crippen molar-refractivity contribution in [3.8, 4) is 0 Å². The van der Waals surface area contributed by atoms with Gasteiger partial charge in [-0.1, -0.05) is 11.1 Å². The number of rotatable bonds is 2. The normalized spacial score (nSPS) is 31.5. The van der Waals surface area contributed by atoms with E-state index in [1.54, 1.807) is 0 Å². The highest BCUT2D eigenvalue weighted by Crippen LogP contribution is 2.43. The summed E-state index contributed by atoms with van der Waals surface area (Å²) in [7, 11) is 0. The lowest BCUT2D eigenvalue weighted by Crippen LogP contribution is -2.42. The molecule has 2 atom stereocenters. The first-order valence-corrected chi connectivity index (χ1v) is 4.90. The van der Waals surface area contributed by atoms with Gasteiger partial charge in [-0.3, -0.25) is 9.59 Å². The highest BCUT2D eigenvalue weighted by atomic mass is 16.4. The first-order chi connectivity index (χ1) is 6.79. The average molecular weight is 212 g/mol. The number of hydrogen-bond donors (Lipinski definition) is 2. The zero-order valence-electron chi connectivity index (χ0n) is 9.20. The molecule has 0 amide bonds. The number of aliphatic carboxylic acids is 2. The van der Waals surface area contributed by atoms with Gasteiger partial charge in [-0.15, -0.1) is 0 Å². The van der Waals surface area contributed by atoms with Gasteiger partial charge in [0.2, 0.25) is 0 Å². The summed E-state index contributed by atoms with van der Waals surface area (Å²) in [4.78, 5) is 22.2. The lowest BCUT2D eigenvalue weighted by Gasteiger charge is -2.36. The molecule has 2 unspecified atom stereocenters. The quantitative estimate of drug-likeness (QED) is 0.685. The molecule has 0 radical (unpaired) electrons. The molecule has 0 saturated heterocycles. The van der Waals surface area contributed by atoms with Crippen LogP contribution in [0, 0.1) is 11.3 Å². The largest absolute Gasteiger partial charge is 0.481 e. The van der Waals surface area contributed by atoms with Crippen LogP contribution in [0.5, 0.6) is 0 Å². The minimum atomic E-state index is -1.17. The lowest BCUT2D eigenvalue weighted by atomic mass is 9.66. The fourth-order valence-corrected chi connectivity index (χ4v) is 2.12. The molecule has 0 bridgehead atoms. The Morgan fingerprint density at radius 1 is 1.27 bits per heavy atom. The van der Waals surface area contributed by atoms with Gasteiger partial charge in [-0.05, 0) is 33.6 Å². The van der Waals surface area contributed by atoms with Crippen molar-refractivity contribution in [3.63, 3.8) is 0 Å². The van der Waals surface area contributed by atoms with Gasteiger partial charge in [0.25, 0.3) is 0 Å². The van der Waals surface area contributed by atoms with Gasteiger partial charge >= 0.3 is 11.9 Å². The second-order valence-electron chi connectivity index (χ2n) is 4.56. The molecule has 1 aliphatic rings. The average Bonchev–Trinajstić information content (AvgIpc) is 2.10. The van der Waals surface area contributed by atoms with Gasteiger partial charge in [0, 0.05) is 0 Å². The molecule has 1 aliphatic carbocycles. The fourth-order valence-electron chi connectivity index (χ4n) is 2.12. The summed E-state index contributed by atoms with van der Waals surface area (Å²) in [6, 6.07) is 0. The van der Waals surface area contributed by atoms with Crippen LogP contribution in [0.1, 0.15) is 33.6 Å². The van der Waals surface area contributed by atoms with Crippen LogP contribution in [0.4, 0.5) is 0 Å². The third kappa shape index (κ3) is 1.89. The molecule has 0 saturated carbocycles. The zero-order valence-corrected chi connectivity index (χ0v) is 9.20. The predicted octanol–water partition coefficient (Wildman–Crippen LogP) is 1.91. The van der Waals surface area contributed by atoms with Crippen LogP contribution in [0.3, 0.4) is 0 Å². The molecular formula is C11H16O4. The summed E-state index contributed by atoms with van der Waals surface area (Å²) >= 11 is 0. The summed E-state index contributed by atoms with van der Waals surface area (Å²) in [5, 5.41) is 18.2. The van der Waals surface area contributed by atoms with Crippen molar-refractivity contribution in [2.45, 2.75) is 33.6 Å². The molecule has 4 heteroatoms. The molecule has 0 heterocycles.